The molecule has 3 rings (SSSR count). The Morgan fingerprint density at radius 2 is 1.71 bits per heavy atom. The number of hydrogen-bond acceptors (Lipinski definition) is 2. The number of piperidine rings is 1. The third-order valence-electron chi connectivity index (χ3n) is 5.29. The molecule has 1 heterocycles. The van der Waals surface area contributed by atoms with Crippen LogP contribution in [0.2, 0.25) is 0 Å². The van der Waals surface area contributed by atoms with Crippen molar-refractivity contribution in [3.63, 3.8) is 0 Å². The fraction of sp³-hybridized carbons (Fsp3) is 0.632. The summed E-state index contributed by atoms with van der Waals surface area (Å²) in [6, 6.07) is 7.08. The molecule has 3 nitrogen and oxygen atoms in total. The van der Waals surface area contributed by atoms with Gasteiger partial charge in [-0.3, -0.25) is 4.79 Å². The Labute approximate surface area is 150 Å². The summed E-state index contributed by atoms with van der Waals surface area (Å²) in [5, 5.41) is 3.33. The van der Waals surface area contributed by atoms with Gasteiger partial charge >= 0.3 is 0 Å². The second-order valence-corrected chi connectivity index (χ2v) is 6.87. The normalized spacial score (nSPS) is 19.0. The molecule has 0 radical (unpaired) electrons. The van der Waals surface area contributed by atoms with Crippen molar-refractivity contribution in [2.24, 2.45) is 5.92 Å². The first kappa shape index (κ1) is 19.2. The maximum absolute atomic E-state index is 13.0. The smallest absolute Gasteiger partial charge is 0.226 e. The van der Waals surface area contributed by atoms with Crippen LogP contribution in [-0.2, 0) is 11.2 Å². The quantitative estimate of drug-likeness (QED) is 0.876. The van der Waals surface area contributed by atoms with Crippen LogP contribution in [-0.4, -0.2) is 36.5 Å². The molecule has 24 heavy (non-hydrogen) atoms. The summed E-state index contributed by atoms with van der Waals surface area (Å²) in [5.74, 6) is 0.331. The second-order valence-electron chi connectivity index (χ2n) is 6.87. The number of halogens is 2. The van der Waals surface area contributed by atoms with Crippen LogP contribution in [0.15, 0.2) is 24.3 Å². The van der Waals surface area contributed by atoms with Gasteiger partial charge in [0, 0.05) is 18.5 Å². The van der Waals surface area contributed by atoms with E-state index in [9.17, 15) is 9.18 Å². The highest BCUT2D eigenvalue weighted by molar-refractivity contribution is 5.85. The van der Waals surface area contributed by atoms with Gasteiger partial charge in [0.1, 0.15) is 5.82 Å². The van der Waals surface area contributed by atoms with Gasteiger partial charge in [0.2, 0.25) is 5.91 Å². The number of carbonyl (C=O) groups is 1. The maximum Gasteiger partial charge on any atom is 0.226 e. The molecule has 0 unspecified atom stereocenters. The van der Waals surface area contributed by atoms with E-state index in [1.54, 1.807) is 0 Å². The van der Waals surface area contributed by atoms with Crippen LogP contribution in [0.5, 0.6) is 0 Å². The van der Waals surface area contributed by atoms with Gasteiger partial charge in [-0.1, -0.05) is 25.0 Å². The van der Waals surface area contributed by atoms with Crippen molar-refractivity contribution in [3.8, 4) is 0 Å². The van der Waals surface area contributed by atoms with Gasteiger partial charge in [0.05, 0.1) is 0 Å². The molecular formula is C19H28ClFN2O. The monoisotopic (exact) mass is 354 g/mol. The third-order valence-corrected chi connectivity index (χ3v) is 5.29. The van der Waals surface area contributed by atoms with Crippen molar-refractivity contribution in [1.82, 2.24) is 10.2 Å². The molecule has 1 aliphatic carbocycles. The molecule has 0 atom stereocenters. The lowest BCUT2D eigenvalue weighted by molar-refractivity contribution is -0.138. The predicted molar refractivity (Wildman–Crippen MR) is 96.9 cm³/mol. The lowest BCUT2D eigenvalue weighted by Crippen LogP contribution is -2.46. The molecule has 1 aromatic carbocycles. The Balaban J connectivity index is 0.00000208. The zero-order valence-electron chi connectivity index (χ0n) is 14.2. The van der Waals surface area contributed by atoms with Crippen LogP contribution in [0.1, 0.15) is 44.1 Å². The van der Waals surface area contributed by atoms with Crippen LogP contribution >= 0.6 is 12.4 Å². The standard InChI is InChI=1S/C19H27FN2O.ClH/c20-17-7-5-15(6-8-17)11-14-22(18-3-1-2-4-18)19(23)16-9-12-21-13-10-16;/h5-8,16,18,21H,1-4,9-14H2;1H. The Morgan fingerprint density at radius 1 is 1.08 bits per heavy atom. The van der Waals surface area contributed by atoms with Gasteiger partial charge in [0.25, 0.3) is 0 Å². The van der Waals surface area contributed by atoms with Gasteiger partial charge in [-0.25, -0.2) is 4.39 Å². The van der Waals surface area contributed by atoms with Gasteiger partial charge in [-0.05, 0) is 62.9 Å². The first-order valence-corrected chi connectivity index (χ1v) is 8.99. The van der Waals surface area contributed by atoms with Crippen molar-refractivity contribution >= 4 is 18.3 Å². The van der Waals surface area contributed by atoms with Crippen molar-refractivity contribution in [2.45, 2.75) is 51.0 Å². The average Bonchev–Trinajstić information content (AvgIpc) is 3.12. The van der Waals surface area contributed by atoms with E-state index >= 15 is 0 Å². The number of hydrogen-bond donors (Lipinski definition) is 1. The molecule has 134 valence electrons. The Hall–Kier alpha value is -1.13. The van der Waals surface area contributed by atoms with E-state index in [1.807, 2.05) is 12.1 Å². The second kappa shape index (κ2) is 9.38. The van der Waals surface area contributed by atoms with Crippen LogP contribution < -0.4 is 5.32 Å². The van der Waals surface area contributed by atoms with Crippen molar-refractivity contribution in [1.29, 1.82) is 0 Å². The van der Waals surface area contributed by atoms with E-state index in [4.69, 9.17) is 0 Å². The van der Waals surface area contributed by atoms with Crippen LogP contribution in [0, 0.1) is 11.7 Å². The highest BCUT2D eigenvalue weighted by atomic mass is 35.5. The summed E-state index contributed by atoms with van der Waals surface area (Å²) >= 11 is 0. The SMILES string of the molecule is Cl.O=C(C1CCNCC1)N(CCc1ccc(F)cc1)C1CCCC1. The number of carbonyl (C=O) groups excluding carboxylic acids is 1. The molecule has 2 fully saturated rings. The Morgan fingerprint density at radius 3 is 2.33 bits per heavy atom. The summed E-state index contributed by atoms with van der Waals surface area (Å²) in [5.41, 5.74) is 1.10. The topological polar surface area (TPSA) is 32.3 Å². The van der Waals surface area contributed by atoms with E-state index in [2.05, 4.69) is 10.2 Å². The lowest BCUT2D eigenvalue weighted by atomic mass is 9.95. The molecule has 1 amide bonds. The minimum Gasteiger partial charge on any atom is -0.339 e. The fourth-order valence-electron chi connectivity index (χ4n) is 3.89. The van der Waals surface area contributed by atoms with Gasteiger partial charge in [0.15, 0.2) is 0 Å². The van der Waals surface area contributed by atoms with Gasteiger partial charge in [-0.2, -0.15) is 0 Å². The van der Waals surface area contributed by atoms with Crippen molar-refractivity contribution in [2.75, 3.05) is 19.6 Å². The molecule has 0 bridgehead atoms. The number of nitrogens with one attached hydrogen (secondary N) is 1. The Bertz CT molecular complexity index is 511. The van der Waals surface area contributed by atoms with E-state index in [0.717, 1.165) is 57.3 Å². The molecule has 1 saturated carbocycles. The highest BCUT2D eigenvalue weighted by Crippen LogP contribution is 2.27. The third kappa shape index (κ3) is 4.93. The van der Waals surface area contributed by atoms with E-state index in [1.165, 1.54) is 25.0 Å². The number of rotatable bonds is 5. The van der Waals surface area contributed by atoms with Crippen molar-refractivity contribution in [3.05, 3.63) is 35.6 Å². The summed E-state index contributed by atoms with van der Waals surface area (Å²) < 4.78 is 13.0. The van der Waals surface area contributed by atoms with E-state index in [-0.39, 0.29) is 24.1 Å². The van der Waals surface area contributed by atoms with Crippen LogP contribution in [0.4, 0.5) is 4.39 Å². The molecular weight excluding hydrogens is 327 g/mol. The zero-order chi connectivity index (χ0) is 16.1. The predicted octanol–water partition coefficient (Wildman–Crippen LogP) is 3.56. The number of amides is 1. The van der Waals surface area contributed by atoms with Crippen molar-refractivity contribution < 1.29 is 9.18 Å². The van der Waals surface area contributed by atoms with Gasteiger partial charge in [-0.15, -0.1) is 12.4 Å². The average molecular weight is 355 g/mol. The molecule has 1 aliphatic heterocycles. The molecule has 1 saturated heterocycles. The fourth-order valence-corrected chi connectivity index (χ4v) is 3.89. The van der Waals surface area contributed by atoms with Crippen LogP contribution in [0.25, 0.3) is 0 Å². The molecule has 0 aromatic heterocycles. The maximum atomic E-state index is 13.0. The summed E-state index contributed by atoms with van der Waals surface area (Å²) in [7, 11) is 0. The number of nitrogens with zero attached hydrogens (tertiary/aromatic N) is 1. The summed E-state index contributed by atoms with van der Waals surface area (Å²) in [6.07, 6.45) is 7.47. The highest BCUT2D eigenvalue weighted by Gasteiger charge is 2.31. The minimum absolute atomic E-state index is 0. The van der Waals surface area contributed by atoms with Crippen LogP contribution in [0.3, 0.4) is 0 Å². The molecule has 1 aromatic rings. The molecule has 1 N–H and O–H groups in total. The summed E-state index contributed by atoms with van der Waals surface area (Å²) in [4.78, 5) is 15.1. The minimum atomic E-state index is -0.202. The molecule has 5 heteroatoms. The first-order valence-electron chi connectivity index (χ1n) is 8.99. The molecule has 0 spiro atoms. The van der Waals surface area contributed by atoms with E-state index < -0.39 is 0 Å². The zero-order valence-corrected chi connectivity index (χ0v) is 15.0. The first-order chi connectivity index (χ1) is 11.2. The summed E-state index contributed by atoms with van der Waals surface area (Å²) in [6.45, 7) is 2.67. The Kier molecular flexibility index (Phi) is 7.50. The number of benzene rings is 1. The van der Waals surface area contributed by atoms with Gasteiger partial charge < -0.3 is 10.2 Å². The van der Waals surface area contributed by atoms with E-state index in [0.29, 0.717) is 11.9 Å². The molecule has 2 aliphatic rings. The lowest BCUT2D eigenvalue weighted by Gasteiger charge is -2.34. The largest absolute Gasteiger partial charge is 0.339 e.